The lowest BCUT2D eigenvalue weighted by atomic mass is 9.82. The van der Waals surface area contributed by atoms with E-state index in [0.717, 1.165) is 37.3 Å². The van der Waals surface area contributed by atoms with E-state index in [4.69, 9.17) is 10.00 Å². The van der Waals surface area contributed by atoms with Crippen molar-refractivity contribution < 1.29 is 4.74 Å². The molecule has 1 aromatic heterocycles. The SMILES string of the molecule is N#Cc1nnn(CCCOc2ccccc2)c1C1CCC1. The highest BCUT2D eigenvalue weighted by Gasteiger charge is 2.27. The Kier molecular flexibility index (Phi) is 4.15. The van der Waals surface area contributed by atoms with Crippen LogP contribution in [0.1, 0.15) is 43.0 Å². The Morgan fingerprint density at radius 3 is 2.76 bits per heavy atom. The van der Waals surface area contributed by atoms with Gasteiger partial charge in [0.2, 0.25) is 0 Å². The predicted octanol–water partition coefficient (Wildman–Crippen LogP) is 2.89. The zero-order valence-corrected chi connectivity index (χ0v) is 11.9. The molecule has 1 fully saturated rings. The van der Waals surface area contributed by atoms with Gasteiger partial charge in [-0.2, -0.15) is 5.26 Å². The topological polar surface area (TPSA) is 63.7 Å². The van der Waals surface area contributed by atoms with Gasteiger partial charge < -0.3 is 4.74 Å². The third kappa shape index (κ3) is 3.05. The van der Waals surface area contributed by atoms with Crippen LogP contribution in [-0.2, 0) is 6.54 Å². The summed E-state index contributed by atoms with van der Waals surface area (Å²) in [5.41, 5.74) is 1.51. The van der Waals surface area contributed by atoms with Gasteiger partial charge in [-0.05, 0) is 25.0 Å². The standard InChI is InChI=1S/C16H18N4O/c17-12-15-16(13-6-4-7-13)20(19-18-15)10-5-11-21-14-8-2-1-3-9-14/h1-3,8-9,13H,4-7,10-11H2. The van der Waals surface area contributed by atoms with Crippen LogP contribution in [0.15, 0.2) is 30.3 Å². The van der Waals surface area contributed by atoms with Crippen molar-refractivity contribution in [2.75, 3.05) is 6.61 Å². The van der Waals surface area contributed by atoms with Crippen molar-refractivity contribution in [2.24, 2.45) is 0 Å². The van der Waals surface area contributed by atoms with E-state index in [1.807, 2.05) is 35.0 Å². The molecule has 5 heteroatoms. The molecule has 21 heavy (non-hydrogen) atoms. The molecule has 1 aliphatic rings. The maximum atomic E-state index is 9.13. The van der Waals surface area contributed by atoms with Crippen LogP contribution in [0.3, 0.4) is 0 Å². The smallest absolute Gasteiger partial charge is 0.186 e. The Morgan fingerprint density at radius 2 is 2.10 bits per heavy atom. The van der Waals surface area contributed by atoms with E-state index in [2.05, 4.69) is 16.4 Å². The summed E-state index contributed by atoms with van der Waals surface area (Å²) in [4.78, 5) is 0. The lowest BCUT2D eigenvalue weighted by Crippen LogP contribution is -2.17. The van der Waals surface area contributed by atoms with Gasteiger partial charge in [-0.1, -0.05) is 29.8 Å². The van der Waals surface area contributed by atoms with Gasteiger partial charge in [0.05, 0.1) is 12.3 Å². The maximum Gasteiger partial charge on any atom is 0.186 e. The molecule has 0 aliphatic heterocycles. The molecule has 5 nitrogen and oxygen atoms in total. The normalized spacial score (nSPS) is 14.4. The average molecular weight is 282 g/mol. The molecule has 0 N–H and O–H groups in total. The summed E-state index contributed by atoms with van der Waals surface area (Å²) in [7, 11) is 0. The molecular weight excluding hydrogens is 264 g/mol. The van der Waals surface area contributed by atoms with Crippen molar-refractivity contribution >= 4 is 0 Å². The van der Waals surface area contributed by atoms with E-state index in [1.54, 1.807) is 0 Å². The number of nitriles is 1. The van der Waals surface area contributed by atoms with Crippen molar-refractivity contribution in [1.29, 1.82) is 5.26 Å². The average Bonchev–Trinajstić information content (AvgIpc) is 2.86. The Morgan fingerprint density at radius 1 is 1.29 bits per heavy atom. The van der Waals surface area contributed by atoms with Gasteiger partial charge in [0.25, 0.3) is 0 Å². The summed E-state index contributed by atoms with van der Waals surface area (Å²) in [5, 5.41) is 17.2. The Hall–Kier alpha value is -2.35. The molecule has 2 aromatic rings. The summed E-state index contributed by atoms with van der Waals surface area (Å²) in [6.45, 7) is 1.38. The Bertz CT molecular complexity index is 625. The first-order chi connectivity index (χ1) is 10.4. The van der Waals surface area contributed by atoms with Crippen LogP contribution < -0.4 is 4.74 Å². The molecule has 0 spiro atoms. The number of nitrogens with zero attached hydrogens (tertiary/aromatic N) is 4. The van der Waals surface area contributed by atoms with Gasteiger partial charge in [-0.15, -0.1) is 5.10 Å². The zero-order chi connectivity index (χ0) is 14.5. The number of aromatic nitrogens is 3. The molecule has 0 unspecified atom stereocenters. The molecule has 0 bridgehead atoms. The molecule has 1 aliphatic carbocycles. The maximum absolute atomic E-state index is 9.13. The zero-order valence-electron chi connectivity index (χ0n) is 11.9. The van der Waals surface area contributed by atoms with E-state index in [9.17, 15) is 0 Å². The minimum absolute atomic E-state index is 0.463. The molecule has 1 heterocycles. The molecule has 3 rings (SSSR count). The number of para-hydroxylation sites is 1. The van der Waals surface area contributed by atoms with Gasteiger partial charge in [0.15, 0.2) is 5.69 Å². The summed E-state index contributed by atoms with van der Waals surface area (Å²) in [6, 6.07) is 11.9. The molecule has 0 radical (unpaired) electrons. The summed E-state index contributed by atoms with van der Waals surface area (Å²) < 4.78 is 7.56. The quantitative estimate of drug-likeness (QED) is 0.764. The molecule has 1 aromatic carbocycles. The monoisotopic (exact) mass is 282 g/mol. The number of hydrogen-bond acceptors (Lipinski definition) is 4. The van der Waals surface area contributed by atoms with Gasteiger partial charge in [-0.3, -0.25) is 0 Å². The van der Waals surface area contributed by atoms with Crippen LogP contribution in [0.2, 0.25) is 0 Å². The number of ether oxygens (including phenoxy) is 1. The number of aryl methyl sites for hydroxylation is 1. The first-order valence-corrected chi connectivity index (χ1v) is 7.40. The van der Waals surface area contributed by atoms with Crippen LogP contribution in [-0.4, -0.2) is 21.6 Å². The van der Waals surface area contributed by atoms with E-state index in [-0.39, 0.29) is 0 Å². The molecule has 108 valence electrons. The van der Waals surface area contributed by atoms with Gasteiger partial charge in [0.1, 0.15) is 11.8 Å². The fourth-order valence-electron chi connectivity index (χ4n) is 2.57. The van der Waals surface area contributed by atoms with E-state index in [0.29, 0.717) is 18.2 Å². The summed E-state index contributed by atoms with van der Waals surface area (Å²) in [5.74, 6) is 1.35. The predicted molar refractivity (Wildman–Crippen MR) is 77.9 cm³/mol. The van der Waals surface area contributed by atoms with Crippen LogP contribution in [0.25, 0.3) is 0 Å². The van der Waals surface area contributed by atoms with E-state index in [1.165, 1.54) is 6.42 Å². The summed E-state index contributed by atoms with van der Waals surface area (Å²) in [6.07, 6.45) is 4.37. The first-order valence-electron chi connectivity index (χ1n) is 7.40. The van der Waals surface area contributed by atoms with Crippen LogP contribution in [0.5, 0.6) is 5.75 Å². The van der Waals surface area contributed by atoms with Crippen molar-refractivity contribution in [1.82, 2.24) is 15.0 Å². The van der Waals surface area contributed by atoms with Crippen LogP contribution in [0.4, 0.5) is 0 Å². The lowest BCUT2D eigenvalue weighted by Gasteiger charge is -2.25. The fraction of sp³-hybridized carbons (Fsp3) is 0.438. The highest BCUT2D eigenvalue weighted by Crippen LogP contribution is 2.37. The van der Waals surface area contributed by atoms with Crippen molar-refractivity contribution in [3.63, 3.8) is 0 Å². The summed E-state index contributed by atoms with van der Waals surface area (Å²) >= 11 is 0. The molecule has 1 saturated carbocycles. The highest BCUT2D eigenvalue weighted by atomic mass is 16.5. The third-order valence-electron chi connectivity index (χ3n) is 3.90. The second-order valence-corrected chi connectivity index (χ2v) is 5.30. The Labute approximate surface area is 124 Å². The van der Waals surface area contributed by atoms with Crippen LogP contribution >= 0.6 is 0 Å². The molecule has 0 atom stereocenters. The molecular formula is C16H18N4O. The van der Waals surface area contributed by atoms with E-state index >= 15 is 0 Å². The molecule has 0 amide bonds. The number of benzene rings is 1. The van der Waals surface area contributed by atoms with Crippen molar-refractivity contribution in [3.05, 3.63) is 41.7 Å². The number of rotatable bonds is 6. The second-order valence-electron chi connectivity index (χ2n) is 5.30. The number of hydrogen-bond donors (Lipinski definition) is 0. The van der Waals surface area contributed by atoms with Crippen LogP contribution in [0, 0.1) is 11.3 Å². The van der Waals surface area contributed by atoms with Crippen molar-refractivity contribution in [2.45, 2.75) is 38.1 Å². The van der Waals surface area contributed by atoms with Crippen molar-refractivity contribution in [3.8, 4) is 11.8 Å². The van der Waals surface area contributed by atoms with Gasteiger partial charge in [-0.25, -0.2) is 4.68 Å². The Balaban J connectivity index is 1.56. The van der Waals surface area contributed by atoms with Gasteiger partial charge >= 0.3 is 0 Å². The third-order valence-corrected chi connectivity index (χ3v) is 3.90. The lowest BCUT2D eigenvalue weighted by molar-refractivity contribution is 0.293. The first kappa shape index (κ1) is 13.6. The molecule has 0 saturated heterocycles. The highest BCUT2D eigenvalue weighted by molar-refractivity contribution is 5.29. The fourth-order valence-corrected chi connectivity index (χ4v) is 2.57. The van der Waals surface area contributed by atoms with E-state index < -0.39 is 0 Å². The minimum atomic E-state index is 0.463. The van der Waals surface area contributed by atoms with Gasteiger partial charge in [0, 0.05) is 18.9 Å². The minimum Gasteiger partial charge on any atom is -0.494 e. The second kappa shape index (κ2) is 6.40. The largest absolute Gasteiger partial charge is 0.494 e.